The zero-order valence-corrected chi connectivity index (χ0v) is 11.8. The molecule has 0 atom stereocenters. The van der Waals surface area contributed by atoms with Crippen LogP contribution < -0.4 is 10.9 Å². The van der Waals surface area contributed by atoms with E-state index in [9.17, 15) is 4.79 Å². The highest BCUT2D eigenvalue weighted by Crippen LogP contribution is 2.13. The summed E-state index contributed by atoms with van der Waals surface area (Å²) < 4.78 is 2.62. The number of amides is 1. The largest absolute Gasteiger partial charge is 0.289 e. The Kier molecular flexibility index (Phi) is 3.19. The zero-order valence-electron chi connectivity index (χ0n) is 11.0. The Labute approximate surface area is 124 Å². The second kappa shape index (κ2) is 5.02. The van der Waals surface area contributed by atoms with Gasteiger partial charge < -0.3 is 0 Å². The summed E-state index contributed by atoms with van der Waals surface area (Å²) in [5.41, 5.74) is 3.61. The second-order valence-electron chi connectivity index (χ2n) is 4.39. The van der Waals surface area contributed by atoms with Crippen molar-refractivity contribution in [3.05, 3.63) is 53.0 Å². The van der Waals surface area contributed by atoms with Crippen molar-refractivity contribution in [1.29, 1.82) is 5.41 Å². The number of carbonyl (C=O) groups excluding carboxylic acids is 1. The normalized spacial score (nSPS) is 10.8. The molecule has 2 heterocycles. The molecule has 0 aliphatic heterocycles. The van der Waals surface area contributed by atoms with Crippen LogP contribution in [0.1, 0.15) is 10.5 Å². The molecule has 0 aliphatic rings. The molecule has 7 nitrogen and oxygen atoms in total. The molecular formula is C13H11ClN6O. The van der Waals surface area contributed by atoms with Crippen molar-refractivity contribution in [3.63, 3.8) is 0 Å². The number of hydrogen-bond donors (Lipinski definition) is 2. The lowest BCUT2D eigenvalue weighted by molar-refractivity contribution is 0.0997. The minimum Gasteiger partial charge on any atom is -0.282 e. The van der Waals surface area contributed by atoms with E-state index in [2.05, 4.69) is 15.5 Å². The van der Waals surface area contributed by atoms with Gasteiger partial charge in [0.05, 0.1) is 16.7 Å². The number of aryl methyl sites for hydroxylation is 1. The van der Waals surface area contributed by atoms with Crippen molar-refractivity contribution in [1.82, 2.24) is 19.4 Å². The van der Waals surface area contributed by atoms with Gasteiger partial charge in [-0.25, -0.2) is 9.66 Å². The van der Waals surface area contributed by atoms with Gasteiger partial charge in [-0.1, -0.05) is 23.7 Å². The number of halogens is 1. The van der Waals surface area contributed by atoms with Crippen molar-refractivity contribution in [2.45, 2.75) is 0 Å². The molecule has 0 fully saturated rings. The molecule has 0 bridgehead atoms. The number of para-hydroxylation sites is 1. The molecule has 0 unspecified atom stereocenters. The Bertz CT molecular complexity index is 878. The summed E-state index contributed by atoms with van der Waals surface area (Å²) in [6, 6.07) is 7.22. The third-order valence-corrected chi connectivity index (χ3v) is 3.32. The number of aromatic nitrogens is 4. The molecular weight excluding hydrogens is 292 g/mol. The van der Waals surface area contributed by atoms with Crippen LogP contribution in [0.4, 0.5) is 0 Å². The summed E-state index contributed by atoms with van der Waals surface area (Å²) in [5.74, 6) is -0.462. The third kappa shape index (κ3) is 2.27. The van der Waals surface area contributed by atoms with Gasteiger partial charge in [0.15, 0.2) is 5.49 Å². The maximum Gasteiger partial charge on any atom is 0.289 e. The quantitative estimate of drug-likeness (QED) is 0.747. The number of fused-ring (bicyclic) bond motifs is 1. The first-order valence-electron chi connectivity index (χ1n) is 6.08. The van der Waals surface area contributed by atoms with Crippen LogP contribution in [-0.4, -0.2) is 25.3 Å². The Hall–Kier alpha value is -2.67. The lowest BCUT2D eigenvalue weighted by atomic mass is 10.2. The zero-order chi connectivity index (χ0) is 15.0. The van der Waals surface area contributed by atoms with Gasteiger partial charge in [-0.3, -0.25) is 20.3 Å². The summed E-state index contributed by atoms with van der Waals surface area (Å²) >= 11 is 5.93. The van der Waals surface area contributed by atoms with Gasteiger partial charge in [-0.05, 0) is 12.1 Å². The molecule has 2 aromatic heterocycles. The van der Waals surface area contributed by atoms with E-state index in [1.54, 1.807) is 19.2 Å². The van der Waals surface area contributed by atoms with Crippen LogP contribution in [0.3, 0.4) is 0 Å². The smallest absolute Gasteiger partial charge is 0.282 e. The van der Waals surface area contributed by atoms with Crippen molar-refractivity contribution in [3.8, 4) is 0 Å². The average molecular weight is 303 g/mol. The molecule has 0 saturated carbocycles. The summed E-state index contributed by atoms with van der Waals surface area (Å²) in [6.07, 6.45) is 2.77. The van der Waals surface area contributed by atoms with Gasteiger partial charge in [0.1, 0.15) is 12.0 Å². The average Bonchev–Trinajstić information content (AvgIpc) is 2.81. The molecule has 8 heteroatoms. The Morgan fingerprint density at radius 2 is 2.14 bits per heavy atom. The van der Waals surface area contributed by atoms with Gasteiger partial charge in [0.2, 0.25) is 0 Å². The van der Waals surface area contributed by atoms with E-state index >= 15 is 0 Å². The standard InChI is InChI=1S/C13H11ClN6O/c1-19-11(9(14)6-17-19)13(21)18-20-7-16-10-5-3-2-4-8(10)12(20)15/h2-7,15H,1H3,(H,18,21). The molecule has 0 spiro atoms. The summed E-state index contributed by atoms with van der Waals surface area (Å²) in [4.78, 5) is 16.4. The maximum absolute atomic E-state index is 12.2. The molecule has 21 heavy (non-hydrogen) atoms. The number of benzene rings is 1. The predicted octanol–water partition coefficient (Wildman–Crippen LogP) is 1.29. The lowest BCUT2D eigenvalue weighted by Crippen LogP contribution is -2.34. The summed E-state index contributed by atoms with van der Waals surface area (Å²) in [6.45, 7) is 0. The van der Waals surface area contributed by atoms with Gasteiger partial charge in [-0.15, -0.1) is 0 Å². The van der Waals surface area contributed by atoms with Crippen molar-refractivity contribution < 1.29 is 4.79 Å². The molecule has 1 aromatic carbocycles. The van der Waals surface area contributed by atoms with Crippen molar-refractivity contribution >= 4 is 28.4 Å². The predicted molar refractivity (Wildman–Crippen MR) is 77.5 cm³/mol. The summed E-state index contributed by atoms with van der Waals surface area (Å²) in [7, 11) is 1.62. The topological polar surface area (TPSA) is 88.6 Å². The third-order valence-electron chi connectivity index (χ3n) is 3.04. The number of rotatable bonds is 2. The fraction of sp³-hybridized carbons (Fsp3) is 0.0769. The second-order valence-corrected chi connectivity index (χ2v) is 4.79. The number of carbonyl (C=O) groups is 1. The van der Waals surface area contributed by atoms with Crippen LogP contribution in [0.25, 0.3) is 10.9 Å². The van der Waals surface area contributed by atoms with Crippen LogP contribution in [0, 0.1) is 5.41 Å². The summed E-state index contributed by atoms with van der Waals surface area (Å²) in [5, 5.41) is 12.9. The fourth-order valence-corrected chi connectivity index (χ4v) is 2.26. The van der Waals surface area contributed by atoms with E-state index in [0.29, 0.717) is 10.9 Å². The molecule has 106 valence electrons. The molecule has 0 saturated heterocycles. The Morgan fingerprint density at radius 3 is 2.86 bits per heavy atom. The van der Waals surface area contributed by atoms with Crippen molar-refractivity contribution in [2.75, 3.05) is 5.43 Å². The fourth-order valence-electron chi connectivity index (χ4n) is 2.01. The van der Waals surface area contributed by atoms with Gasteiger partial charge in [0, 0.05) is 12.4 Å². The van der Waals surface area contributed by atoms with E-state index < -0.39 is 5.91 Å². The van der Waals surface area contributed by atoms with Gasteiger partial charge >= 0.3 is 0 Å². The van der Waals surface area contributed by atoms with Crippen LogP contribution in [0.5, 0.6) is 0 Å². The van der Waals surface area contributed by atoms with Gasteiger partial charge in [0.25, 0.3) is 5.91 Å². The van der Waals surface area contributed by atoms with E-state index in [-0.39, 0.29) is 16.2 Å². The van der Waals surface area contributed by atoms with Crippen LogP contribution >= 0.6 is 11.6 Å². The van der Waals surface area contributed by atoms with Crippen LogP contribution in [0.2, 0.25) is 5.02 Å². The molecule has 0 aliphatic carbocycles. The van der Waals surface area contributed by atoms with Crippen LogP contribution in [0.15, 0.2) is 36.8 Å². The highest BCUT2D eigenvalue weighted by molar-refractivity contribution is 6.33. The molecule has 0 radical (unpaired) electrons. The number of nitrogens with zero attached hydrogens (tertiary/aromatic N) is 4. The van der Waals surface area contributed by atoms with E-state index in [0.717, 1.165) is 0 Å². The highest BCUT2D eigenvalue weighted by atomic mass is 35.5. The van der Waals surface area contributed by atoms with E-state index in [1.807, 2.05) is 12.1 Å². The molecule has 3 aromatic rings. The Morgan fingerprint density at radius 1 is 1.38 bits per heavy atom. The first-order chi connectivity index (χ1) is 10.1. The minimum atomic E-state index is -0.462. The maximum atomic E-state index is 12.2. The van der Waals surface area contributed by atoms with E-state index in [1.165, 1.54) is 21.9 Å². The molecule has 1 amide bonds. The monoisotopic (exact) mass is 302 g/mol. The number of hydrogen-bond acceptors (Lipinski definition) is 4. The SMILES string of the molecule is Cn1ncc(Cl)c1C(=O)Nn1cnc2ccccc2c1=N. The molecule has 2 N–H and O–H groups in total. The van der Waals surface area contributed by atoms with Crippen LogP contribution in [-0.2, 0) is 7.05 Å². The van der Waals surface area contributed by atoms with Gasteiger partial charge in [-0.2, -0.15) is 5.10 Å². The van der Waals surface area contributed by atoms with Crippen molar-refractivity contribution in [2.24, 2.45) is 7.05 Å². The minimum absolute atomic E-state index is 0.132. The number of nitrogens with one attached hydrogen (secondary N) is 2. The first kappa shape index (κ1) is 13.3. The lowest BCUT2D eigenvalue weighted by Gasteiger charge is -2.10. The first-order valence-corrected chi connectivity index (χ1v) is 6.45. The van der Waals surface area contributed by atoms with E-state index in [4.69, 9.17) is 17.0 Å². The highest BCUT2D eigenvalue weighted by Gasteiger charge is 2.16. The Balaban J connectivity index is 2.01. The molecule has 3 rings (SSSR count).